The molecule has 3 aromatic rings. The zero-order valence-corrected chi connectivity index (χ0v) is 17.5. The molecule has 0 spiro atoms. The quantitative estimate of drug-likeness (QED) is 0.413. The molecule has 4 N–H and O–H groups in total. The summed E-state index contributed by atoms with van der Waals surface area (Å²) in [5.74, 6) is 0.285. The summed E-state index contributed by atoms with van der Waals surface area (Å²) in [6, 6.07) is 8.41. The number of aryl methyl sites for hydroxylation is 1. The predicted molar refractivity (Wildman–Crippen MR) is 123 cm³/mol. The average molecular weight is 424 g/mol. The molecule has 0 aliphatic heterocycles. The maximum atomic E-state index is 13.5. The summed E-state index contributed by atoms with van der Waals surface area (Å²) in [5.41, 5.74) is 9.59. The Morgan fingerprint density at radius 1 is 1.27 bits per heavy atom. The van der Waals surface area contributed by atoms with E-state index in [0.717, 1.165) is 11.1 Å². The highest BCUT2D eigenvalue weighted by atomic mass is 32.1. The summed E-state index contributed by atoms with van der Waals surface area (Å²) in [6.45, 7) is 4.83. The topological polar surface area (TPSA) is 101 Å². The van der Waals surface area contributed by atoms with Crippen LogP contribution in [0, 0.1) is 12.7 Å². The second-order valence-electron chi connectivity index (χ2n) is 6.51. The Morgan fingerprint density at radius 2 is 2.10 bits per heavy atom. The molecule has 2 heterocycles. The van der Waals surface area contributed by atoms with Gasteiger partial charge in [-0.05, 0) is 61.5 Å². The van der Waals surface area contributed by atoms with Crippen LogP contribution in [0.2, 0.25) is 0 Å². The number of anilines is 1. The number of aromatic nitrogens is 3. The zero-order valence-electron chi connectivity index (χ0n) is 16.7. The summed E-state index contributed by atoms with van der Waals surface area (Å²) >= 11 is 5.18. The molecule has 0 saturated carbocycles. The number of allylic oxidation sites excluding steroid dienone is 1. The molecule has 2 aromatic heterocycles. The fraction of sp³-hybridized carbons (Fsp3) is 0.190. The molecule has 9 heteroatoms. The lowest BCUT2D eigenvalue weighted by Gasteiger charge is -2.08. The SMILES string of the molecule is CCNC(=S)Nc1ccc2ncc(C(C=NCc3cc(C)cc(F)c3)=CN)nc2n1. The van der Waals surface area contributed by atoms with Crippen LogP contribution in [-0.4, -0.2) is 32.8 Å². The molecule has 7 nitrogen and oxygen atoms in total. The summed E-state index contributed by atoms with van der Waals surface area (Å²) in [6.07, 6.45) is 4.61. The molecule has 0 amide bonds. The van der Waals surface area contributed by atoms with E-state index in [1.807, 2.05) is 26.0 Å². The number of nitrogens with one attached hydrogen (secondary N) is 2. The molecule has 30 heavy (non-hydrogen) atoms. The van der Waals surface area contributed by atoms with Crippen LogP contribution in [-0.2, 0) is 6.54 Å². The fourth-order valence-corrected chi connectivity index (χ4v) is 3.02. The molecule has 1 aromatic carbocycles. The number of rotatable bonds is 6. The Labute approximate surface area is 179 Å². The van der Waals surface area contributed by atoms with Crippen molar-refractivity contribution >= 4 is 46.1 Å². The third-order valence-electron chi connectivity index (χ3n) is 4.07. The highest BCUT2D eigenvalue weighted by Crippen LogP contribution is 2.16. The Balaban J connectivity index is 1.79. The average Bonchev–Trinajstić information content (AvgIpc) is 2.70. The van der Waals surface area contributed by atoms with Gasteiger partial charge in [0.05, 0.1) is 18.4 Å². The van der Waals surface area contributed by atoms with Crippen molar-refractivity contribution in [3.05, 3.63) is 65.4 Å². The van der Waals surface area contributed by atoms with E-state index in [4.69, 9.17) is 18.0 Å². The minimum Gasteiger partial charge on any atom is -0.404 e. The van der Waals surface area contributed by atoms with Crippen molar-refractivity contribution in [1.29, 1.82) is 0 Å². The van der Waals surface area contributed by atoms with Gasteiger partial charge in [0.1, 0.15) is 17.2 Å². The maximum Gasteiger partial charge on any atom is 0.180 e. The molecule has 0 aliphatic rings. The van der Waals surface area contributed by atoms with Crippen molar-refractivity contribution in [3.63, 3.8) is 0 Å². The molecule has 3 rings (SSSR count). The second-order valence-corrected chi connectivity index (χ2v) is 6.92. The number of nitrogens with two attached hydrogens (primary N) is 1. The van der Waals surface area contributed by atoms with Crippen molar-refractivity contribution in [1.82, 2.24) is 20.3 Å². The lowest BCUT2D eigenvalue weighted by Crippen LogP contribution is -2.28. The minimum absolute atomic E-state index is 0.278. The van der Waals surface area contributed by atoms with E-state index in [2.05, 4.69) is 30.6 Å². The molecular formula is C21H22FN7S. The third-order valence-corrected chi connectivity index (χ3v) is 4.31. The number of hydrogen-bond acceptors (Lipinski definition) is 6. The first-order valence-electron chi connectivity index (χ1n) is 9.35. The van der Waals surface area contributed by atoms with Crippen molar-refractivity contribution < 1.29 is 4.39 Å². The number of thiocarbonyl (C=S) groups is 1. The number of fused-ring (bicyclic) bond motifs is 1. The summed E-state index contributed by atoms with van der Waals surface area (Å²) < 4.78 is 13.5. The largest absolute Gasteiger partial charge is 0.404 e. The molecular weight excluding hydrogens is 401 g/mol. The molecule has 0 radical (unpaired) electrons. The van der Waals surface area contributed by atoms with Gasteiger partial charge in [-0.3, -0.25) is 9.98 Å². The highest BCUT2D eigenvalue weighted by Gasteiger charge is 2.07. The van der Waals surface area contributed by atoms with E-state index in [0.29, 0.717) is 46.5 Å². The van der Waals surface area contributed by atoms with Gasteiger partial charge in [-0.25, -0.2) is 14.4 Å². The van der Waals surface area contributed by atoms with Crippen molar-refractivity contribution in [2.45, 2.75) is 20.4 Å². The van der Waals surface area contributed by atoms with Gasteiger partial charge in [-0.2, -0.15) is 0 Å². The molecule has 0 saturated heterocycles. The van der Waals surface area contributed by atoms with Crippen LogP contribution in [0.1, 0.15) is 23.7 Å². The van der Waals surface area contributed by atoms with Gasteiger partial charge < -0.3 is 16.4 Å². The van der Waals surface area contributed by atoms with Gasteiger partial charge in [-0.1, -0.05) is 6.07 Å². The van der Waals surface area contributed by atoms with Gasteiger partial charge in [0.15, 0.2) is 10.8 Å². The van der Waals surface area contributed by atoms with E-state index in [-0.39, 0.29) is 5.82 Å². The molecule has 0 unspecified atom stereocenters. The number of aliphatic imine (C=N–C) groups is 1. The molecule has 0 fully saturated rings. The molecule has 0 atom stereocenters. The van der Waals surface area contributed by atoms with Crippen LogP contribution in [0.5, 0.6) is 0 Å². The first-order valence-corrected chi connectivity index (χ1v) is 9.76. The smallest absolute Gasteiger partial charge is 0.180 e. The number of nitrogens with zero attached hydrogens (tertiary/aromatic N) is 4. The first kappa shape index (κ1) is 21.3. The highest BCUT2D eigenvalue weighted by molar-refractivity contribution is 7.80. The summed E-state index contributed by atoms with van der Waals surface area (Å²) in [5, 5.41) is 6.49. The lowest BCUT2D eigenvalue weighted by molar-refractivity contribution is 0.624. The van der Waals surface area contributed by atoms with Crippen LogP contribution < -0.4 is 16.4 Å². The van der Waals surface area contributed by atoms with Crippen LogP contribution in [0.4, 0.5) is 10.2 Å². The van der Waals surface area contributed by atoms with Crippen molar-refractivity contribution in [3.8, 4) is 0 Å². The van der Waals surface area contributed by atoms with Crippen LogP contribution in [0.15, 0.2) is 47.7 Å². The normalized spacial score (nSPS) is 11.8. The second kappa shape index (κ2) is 9.84. The van der Waals surface area contributed by atoms with Crippen LogP contribution in [0.25, 0.3) is 16.7 Å². The molecule has 154 valence electrons. The van der Waals surface area contributed by atoms with Gasteiger partial charge in [-0.15, -0.1) is 0 Å². The Hall–Kier alpha value is -3.46. The predicted octanol–water partition coefficient (Wildman–Crippen LogP) is 3.35. The van der Waals surface area contributed by atoms with Gasteiger partial charge in [0, 0.05) is 24.5 Å². The van der Waals surface area contributed by atoms with E-state index in [1.165, 1.54) is 18.3 Å². The van der Waals surface area contributed by atoms with Gasteiger partial charge in [0.25, 0.3) is 0 Å². The summed E-state index contributed by atoms with van der Waals surface area (Å²) in [7, 11) is 0. The zero-order chi connectivity index (χ0) is 21.5. The van der Waals surface area contributed by atoms with Crippen LogP contribution in [0.3, 0.4) is 0 Å². The van der Waals surface area contributed by atoms with E-state index in [1.54, 1.807) is 18.5 Å². The molecule has 0 aliphatic carbocycles. The molecule has 0 bridgehead atoms. The standard InChI is InChI=1S/C21H22FN7S/c1-3-25-21(30)29-19-5-4-17-20(28-19)27-18(12-26-17)15(9-23)11-24-10-14-6-13(2)7-16(22)8-14/h4-9,11-12H,3,10,23H2,1-2H3,(H2,25,27,28,29,30). The van der Waals surface area contributed by atoms with E-state index >= 15 is 0 Å². The fourth-order valence-electron chi connectivity index (χ4n) is 2.77. The lowest BCUT2D eigenvalue weighted by atomic mass is 10.1. The Bertz CT molecular complexity index is 1110. The Morgan fingerprint density at radius 3 is 2.83 bits per heavy atom. The monoisotopic (exact) mass is 423 g/mol. The van der Waals surface area contributed by atoms with E-state index in [9.17, 15) is 4.39 Å². The van der Waals surface area contributed by atoms with Gasteiger partial charge in [0.2, 0.25) is 0 Å². The minimum atomic E-state index is -0.278. The number of halogens is 1. The van der Waals surface area contributed by atoms with E-state index < -0.39 is 0 Å². The van der Waals surface area contributed by atoms with Crippen molar-refractivity contribution in [2.24, 2.45) is 10.7 Å². The first-order chi connectivity index (χ1) is 14.5. The third kappa shape index (κ3) is 5.54. The van der Waals surface area contributed by atoms with Crippen LogP contribution >= 0.6 is 12.2 Å². The van der Waals surface area contributed by atoms with Gasteiger partial charge >= 0.3 is 0 Å². The number of hydrogen-bond donors (Lipinski definition) is 3. The summed E-state index contributed by atoms with van der Waals surface area (Å²) in [4.78, 5) is 17.7. The number of pyridine rings is 1. The Kier molecular flexibility index (Phi) is 6.97. The van der Waals surface area contributed by atoms with Crippen molar-refractivity contribution in [2.75, 3.05) is 11.9 Å². The number of benzene rings is 1. The maximum absolute atomic E-state index is 13.5.